The molecule has 3 aromatic rings. The first-order valence-corrected chi connectivity index (χ1v) is 12.4. The number of hydrogen-bond acceptors (Lipinski definition) is 4. The molecule has 184 valence electrons. The van der Waals surface area contributed by atoms with Gasteiger partial charge in [0, 0.05) is 23.6 Å². The topological polar surface area (TPSA) is 76.5 Å². The Kier molecular flexibility index (Phi) is 7.85. The van der Waals surface area contributed by atoms with Crippen molar-refractivity contribution in [1.82, 2.24) is 14.7 Å². The van der Waals surface area contributed by atoms with E-state index in [1.807, 2.05) is 74.5 Å². The third-order valence-corrected chi connectivity index (χ3v) is 6.54. The summed E-state index contributed by atoms with van der Waals surface area (Å²) in [6, 6.07) is 19.1. The molecule has 1 aliphatic carbocycles. The molecule has 0 atom stereocenters. The third kappa shape index (κ3) is 5.91. The smallest absolute Gasteiger partial charge is 0.245 e. The van der Waals surface area contributed by atoms with Gasteiger partial charge in [0.1, 0.15) is 18.1 Å². The normalized spacial score (nSPS) is 14.1. The van der Waals surface area contributed by atoms with Crippen molar-refractivity contribution in [1.29, 1.82) is 0 Å². The molecule has 0 aliphatic heterocycles. The van der Waals surface area contributed by atoms with Crippen LogP contribution in [-0.2, 0) is 9.59 Å². The quantitative estimate of drug-likeness (QED) is 0.480. The monoisotopic (exact) mass is 474 g/mol. The van der Waals surface area contributed by atoms with Crippen LogP contribution in [0.4, 0.5) is 5.82 Å². The molecule has 7 heteroatoms. The zero-order chi connectivity index (χ0) is 24.8. The Labute approximate surface area is 207 Å². The molecule has 1 aliphatic rings. The standard InChI is InChI=1S/C28H34N4O3/c1-20(2)31(28(34)22-12-8-5-9-13-22)19-27(33)29-26-18-25(21-10-6-4-7-11-21)30-32(26)23-14-16-24(35-3)17-15-23/h4,6-7,10-11,14-18,20,22H,5,8-9,12-13,19H2,1-3H3,(H,29,33). The van der Waals surface area contributed by atoms with Gasteiger partial charge in [-0.15, -0.1) is 0 Å². The Morgan fingerprint density at radius 3 is 2.37 bits per heavy atom. The van der Waals surface area contributed by atoms with Crippen molar-refractivity contribution in [2.24, 2.45) is 5.92 Å². The molecule has 1 N–H and O–H groups in total. The SMILES string of the molecule is COc1ccc(-n2nc(-c3ccccc3)cc2NC(=O)CN(C(=O)C2CCCCC2)C(C)C)cc1. The highest BCUT2D eigenvalue weighted by Gasteiger charge is 2.29. The van der Waals surface area contributed by atoms with Gasteiger partial charge in [-0.1, -0.05) is 49.6 Å². The van der Waals surface area contributed by atoms with Crippen molar-refractivity contribution >= 4 is 17.6 Å². The average molecular weight is 475 g/mol. The molecule has 1 aromatic heterocycles. The van der Waals surface area contributed by atoms with Gasteiger partial charge < -0.3 is 15.0 Å². The first kappa shape index (κ1) is 24.5. The second-order valence-electron chi connectivity index (χ2n) is 9.33. The van der Waals surface area contributed by atoms with E-state index in [1.54, 1.807) is 16.7 Å². The lowest BCUT2D eigenvalue weighted by atomic mass is 9.88. The van der Waals surface area contributed by atoms with E-state index in [-0.39, 0.29) is 30.3 Å². The highest BCUT2D eigenvalue weighted by atomic mass is 16.5. The van der Waals surface area contributed by atoms with E-state index in [9.17, 15) is 9.59 Å². The number of anilines is 1. The molecule has 1 fully saturated rings. The summed E-state index contributed by atoms with van der Waals surface area (Å²) in [5, 5.41) is 7.77. The number of methoxy groups -OCH3 is 1. The molecule has 1 heterocycles. The van der Waals surface area contributed by atoms with Gasteiger partial charge in [0.2, 0.25) is 11.8 Å². The second-order valence-corrected chi connectivity index (χ2v) is 9.33. The van der Waals surface area contributed by atoms with Crippen LogP contribution in [0.5, 0.6) is 5.75 Å². The molecule has 2 aromatic carbocycles. The van der Waals surface area contributed by atoms with E-state index in [0.29, 0.717) is 5.82 Å². The number of amides is 2. The Bertz CT molecular complexity index is 1130. The number of carbonyl (C=O) groups is 2. The van der Waals surface area contributed by atoms with Gasteiger partial charge in [-0.05, 0) is 51.0 Å². The molecule has 4 rings (SSSR count). The van der Waals surface area contributed by atoms with Crippen LogP contribution in [0.25, 0.3) is 16.9 Å². The van der Waals surface area contributed by atoms with Crippen LogP contribution in [-0.4, -0.2) is 46.2 Å². The number of aromatic nitrogens is 2. The minimum atomic E-state index is -0.239. The largest absolute Gasteiger partial charge is 0.497 e. The highest BCUT2D eigenvalue weighted by molar-refractivity contribution is 5.95. The maximum absolute atomic E-state index is 13.2. The fourth-order valence-corrected chi connectivity index (χ4v) is 4.58. The summed E-state index contributed by atoms with van der Waals surface area (Å²) in [4.78, 5) is 28.1. The van der Waals surface area contributed by atoms with Gasteiger partial charge in [0.25, 0.3) is 0 Å². The number of hydrogen-bond donors (Lipinski definition) is 1. The summed E-state index contributed by atoms with van der Waals surface area (Å²) in [6.45, 7) is 3.94. The number of nitrogens with one attached hydrogen (secondary N) is 1. The van der Waals surface area contributed by atoms with Gasteiger partial charge in [0.05, 0.1) is 18.5 Å². The van der Waals surface area contributed by atoms with Crippen LogP contribution in [0, 0.1) is 5.92 Å². The predicted molar refractivity (Wildman–Crippen MR) is 138 cm³/mol. The molecule has 0 saturated heterocycles. The van der Waals surface area contributed by atoms with E-state index in [4.69, 9.17) is 9.84 Å². The molecular formula is C28H34N4O3. The van der Waals surface area contributed by atoms with Gasteiger partial charge in [-0.3, -0.25) is 9.59 Å². The Balaban J connectivity index is 1.58. The van der Waals surface area contributed by atoms with E-state index in [0.717, 1.165) is 48.4 Å². The molecule has 0 bridgehead atoms. The summed E-state index contributed by atoms with van der Waals surface area (Å²) >= 11 is 0. The fraction of sp³-hybridized carbons (Fsp3) is 0.393. The van der Waals surface area contributed by atoms with Crippen molar-refractivity contribution < 1.29 is 14.3 Å². The number of benzene rings is 2. The molecular weight excluding hydrogens is 440 g/mol. The number of carbonyl (C=O) groups excluding carboxylic acids is 2. The summed E-state index contributed by atoms with van der Waals surface area (Å²) in [6.07, 6.45) is 5.17. The molecule has 0 spiro atoms. The average Bonchev–Trinajstić information content (AvgIpc) is 3.31. The van der Waals surface area contributed by atoms with Crippen molar-refractivity contribution in [2.45, 2.75) is 52.0 Å². The number of nitrogens with zero attached hydrogens (tertiary/aromatic N) is 3. The van der Waals surface area contributed by atoms with E-state index in [2.05, 4.69) is 5.32 Å². The van der Waals surface area contributed by atoms with Gasteiger partial charge in [-0.25, -0.2) is 4.68 Å². The minimum absolute atomic E-state index is 0.0153. The van der Waals surface area contributed by atoms with Crippen LogP contribution in [0.15, 0.2) is 60.7 Å². The summed E-state index contributed by atoms with van der Waals surface area (Å²) in [5.41, 5.74) is 2.49. The predicted octanol–water partition coefficient (Wildman–Crippen LogP) is 5.30. The van der Waals surface area contributed by atoms with E-state index >= 15 is 0 Å². The van der Waals surface area contributed by atoms with Gasteiger partial charge >= 0.3 is 0 Å². The zero-order valence-electron chi connectivity index (χ0n) is 20.7. The van der Waals surface area contributed by atoms with Crippen LogP contribution in [0.1, 0.15) is 46.0 Å². The maximum atomic E-state index is 13.2. The van der Waals surface area contributed by atoms with Crippen molar-refractivity contribution in [2.75, 3.05) is 19.0 Å². The molecule has 7 nitrogen and oxygen atoms in total. The lowest BCUT2D eigenvalue weighted by molar-refractivity contribution is -0.141. The van der Waals surface area contributed by atoms with Crippen molar-refractivity contribution in [3.05, 3.63) is 60.7 Å². The first-order chi connectivity index (χ1) is 17.0. The molecule has 0 unspecified atom stereocenters. The van der Waals surface area contributed by atoms with E-state index < -0.39 is 0 Å². The highest BCUT2D eigenvalue weighted by Crippen LogP contribution is 2.27. The minimum Gasteiger partial charge on any atom is -0.497 e. The second kappa shape index (κ2) is 11.2. The lowest BCUT2D eigenvalue weighted by Gasteiger charge is -2.31. The molecule has 35 heavy (non-hydrogen) atoms. The zero-order valence-corrected chi connectivity index (χ0v) is 20.7. The first-order valence-electron chi connectivity index (χ1n) is 12.4. The third-order valence-electron chi connectivity index (χ3n) is 6.54. The van der Waals surface area contributed by atoms with Gasteiger partial charge in [0.15, 0.2) is 0 Å². The van der Waals surface area contributed by atoms with Gasteiger partial charge in [-0.2, -0.15) is 5.10 Å². The van der Waals surface area contributed by atoms with Crippen LogP contribution in [0.3, 0.4) is 0 Å². The summed E-state index contributed by atoms with van der Waals surface area (Å²) in [5.74, 6) is 1.16. The lowest BCUT2D eigenvalue weighted by Crippen LogP contribution is -2.45. The summed E-state index contributed by atoms with van der Waals surface area (Å²) in [7, 11) is 1.62. The number of ether oxygens (including phenoxy) is 1. The van der Waals surface area contributed by atoms with Crippen LogP contribution < -0.4 is 10.1 Å². The molecule has 2 amide bonds. The fourth-order valence-electron chi connectivity index (χ4n) is 4.58. The van der Waals surface area contributed by atoms with Crippen molar-refractivity contribution in [3.8, 4) is 22.7 Å². The maximum Gasteiger partial charge on any atom is 0.245 e. The Morgan fingerprint density at radius 2 is 1.74 bits per heavy atom. The Hall–Kier alpha value is -3.61. The Morgan fingerprint density at radius 1 is 1.06 bits per heavy atom. The van der Waals surface area contributed by atoms with Crippen LogP contribution >= 0.6 is 0 Å². The van der Waals surface area contributed by atoms with Crippen molar-refractivity contribution in [3.63, 3.8) is 0 Å². The molecule has 1 saturated carbocycles. The van der Waals surface area contributed by atoms with E-state index in [1.165, 1.54) is 6.42 Å². The number of rotatable bonds is 8. The van der Waals surface area contributed by atoms with Crippen LogP contribution in [0.2, 0.25) is 0 Å². The molecule has 0 radical (unpaired) electrons. The summed E-state index contributed by atoms with van der Waals surface area (Å²) < 4.78 is 6.99.